The number of hydrogen-bond donors (Lipinski definition) is 1. The fraction of sp³-hybridized carbons (Fsp3) is 0.571. The molecule has 2 atom stereocenters. The van der Waals surface area contributed by atoms with Crippen molar-refractivity contribution in [3.05, 3.63) is 29.6 Å². The van der Waals surface area contributed by atoms with E-state index in [1.165, 1.54) is 12.8 Å². The van der Waals surface area contributed by atoms with E-state index in [1.54, 1.807) is 6.20 Å². The molecule has 18 heavy (non-hydrogen) atoms. The molecule has 2 unspecified atom stereocenters. The van der Waals surface area contributed by atoms with Gasteiger partial charge in [0, 0.05) is 30.4 Å². The molecule has 1 aliphatic rings. The third kappa shape index (κ3) is 3.06. The van der Waals surface area contributed by atoms with Crippen LogP contribution in [0.15, 0.2) is 18.3 Å². The molecule has 96 valence electrons. The number of likely N-dealkylation sites (tertiary alicyclic amines) is 1. The van der Waals surface area contributed by atoms with Gasteiger partial charge in [-0.15, -0.1) is 0 Å². The van der Waals surface area contributed by atoms with Crippen LogP contribution in [0.4, 0.5) is 0 Å². The average molecular weight is 244 g/mol. The lowest BCUT2D eigenvalue weighted by molar-refractivity contribution is 0.168. The molecule has 1 fully saturated rings. The Kier molecular flexibility index (Phi) is 4.29. The highest BCUT2D eigenvalue weighted by Crippen LogP contribution is 2.16. The molecule has 0 aliphatic carbocycles. The van der Waals surface area contributed by atoms with Gasteiger partial charge in [0.05, 0.1) is 0 Å². The quantitative estimate of drug-likeness (QED) is 0.876. The Morgan fingerprint density at radius 2 is 2.44 bits per heavy atom. The van der Waals surface area contributed by atoms with Crippen LogP contribution in [0.5, 0.6) is 0 Å². The van der Waals surface area contributed by atoms with Crippen molar-refractivity contribution >= 4 is 0 Å². The number of nitrogens with zero attached hydrogens (tertiary/aromatic N) is 3. The molecule has 2 heterocycles. The number of pyridine rings is 1. The first-order chi connectivity index (χ1) is 8.70. The van der Waals surface area contributed by atoms with Crippen LogP contribution in [-0.4, -0.2) is 35.6 Å². The Labute approximate surface area is 109 Å². The summed E-state index contributed by atoms with van der Waals surface area (Å²) in [4.78, 5) is 6.47. The molecule has 1 aromatic heterocycles. The smallest absolute Gasteiger partial charge is 0.144 e. The molecule has 2 rings (SSSR count). The lowest BCUT2D eigenvalue weighted by atomic mass is 9.98. The molecule has 0 aromatic carbocycles. The SMILES string of the molecule is CC1CC(NCc2cccnc2C#N)CCN1C. The molecule has 1 aliphatic heterocycles. The van der Waals surface area contributed by atoms with Gasteiger partial charge in [-0.05, 0) is 39.4 Å². The number of rotatable bonds is 3. The van der Waals surface area contributed by atoms with Gasteiger partial charge in [0.15, 0.2) is 0 Å². The van der Waals surface area contributed by atoms with E-state index in [-0.39, 0.29) is 0 Å². The first kappa shape index (κ1) is 13.0. The first-order valence-electron chi connectivity index (χ1n) is 6.48. The fourth-order valence-corrected chi connectivity index (χ4v) is 2.41. The summed E-state index contributed by atoms with van der Waals surface area (Å²) in [5.74, 6) is 0. The zero-order valence-electron chi connectivity index (χ0n) is 11.1. The van der Waals surface area contributed by atoms with E-state index in [9.17, 15) is 0 Å². The van der Waals surface area contributed by atoms with E-state index in [0.717, 1.165) is 18.7 Å². The van der Waals surface area contributed by atoms with Crippen molar-refractivity contribution in [1.29, 1.82) is 5.26 Å². The van der Waals surface area contributed by atoms with Crippen LogP contribution in [0.1, 0.15) is 31.0 Å². The predicted octanol–water partition coefficient (Wildman–Crippen LogP) is 1.53. The lowest BCUT2D eigenvalue weighted by Gasteiger charge is -2.35. The molecule has 0 bridgehead atoms. The summed E-state index contributed by atoms with van der Waals surface area (Å²) >= 11 is 0. The summed E-state index contributed by atoms with van der Waals surface area (Å²) in [6.45, 7) is 4.13. The van der Waals surface area contributed by atoms with E-state index >= 15 is 0 Å². The summed E-state index contributed by atoms with van der Waals surface area (Å²) in [5.41, 5.74) is 1.53. The number of aromatic nitrogens is 1. The van der Waals surface area contributed by atoms with Crippen LogP contribution in [-0.2, 0) is 6.54 Å². The standard InChI is InChI=1S/C14H20N4/c1-11-8-13(5-7-18(11)2)17-10-12-4-3-6-16-14(12)9-15/h3-4,6,11,13,17H,5,7-8,10H2,1-2H3. The van der Waals surface area contributed by atoms with Crippen LogP contribution in [0.3, 0.4) is 0 Å². The van der Waals surface area contributed by atoms with Crippen LogP contribution < -0.4 is 5.32 Å². The van der Waals surface area contributed by atoms with E-state index in [0.29, 0.717) is 17.8 Å². The summed E-state index contributed by atoms with van der Waals surface area (Å²) < 4.78 is 0. The summed E-state index contributed by atoms with van der Waals surface area (Å²) in [5, 5.41) is 12.5. The minimum Gasteiger partial charge on any atom is -0.310 e. The van der Waals surface area contributed by atoms with Crippen LogP contribution in [0.2, 0.25) is 0 Å². The van der Waals surface area contributed by atoms with Gasteiger partial charge < -0.3 is 10.2 Å². The molecule has 0 amide bonds. The third-order valence-electron chi connectivity index (χ3n) is 3.79. The normalized spacial score (nSPS) is 24.7. The van der Waals surface area contributed by atoms with Crippen molar-refractivity contribution < 1.29 is 0 Å². The van der Waals surface area contributed by atoms with Crippen molar-refractivity contribution in [2.45, 2.75) is 38.4 Å². The van der Waals surface area contributed by atoms with Gasteiger partial charge in [-0.2, -0.15) is 5.26 Å². The van der Waals surface area contributed by atoms with Gasteiger partial charge in [-0.1, -0.05) is 6.07 Å². The van der Waals surface area contributed by atoms with Gasteiger partial charge in [-0.3, -0.25) is 0 Å². The van der Waals surface area contributed by atoms with Crippen molar-refractivity contribution in [2.75, 3.05) is 13.6 Å². The average Bonchev–Trinajstić information content (AvgIpc) is 2.40. The second-order valence-corrected chi connectivity index (χ2v) is 5.05. The third-order valence-corrected chi connectivity index (χ3v) is 3.79. The number of nitrogens with one attached hydrogen (secondary N) is 1. The Bertz CT molecular complexity index is 438. The van der Waals surface area contributed by atoms with E-state index in [4.69, 9.17) is 5.26 Å². The maximum Gasteiger partial charge on any atom is 0.144 e. The summed E-state index contributed by atoms with van der Waals surface area (Å²) in [7, 11) is 2.18. The Balaban J connectivity index is 1.90. The molecule has 1 saturated heterocycles. The van der Waals surface area contributed by atoms with Crippen molar-refractivity contribution in [3.8, 4) is 6.07 Å². The van der Waals surface area contributed by atoms with Gasteiger partial charge in [-0.25, -0.2) is 4.98 Å². The Morgan fingerprint density at radius 3 is 3.17 bits per heavy atom. The topological polar surface area (TPSA) is 52.0 Å². The maximum absolute atomic E-state index is 8.99. The van der Waals surface area contributed by atoms with Crippen LogP contribution >= 0.6 is 0 Å². The van der Waals surface area contributed by atoms with Crippen LogP contribution in [0.25, 0.3) is 0 Å². The fourth-order valence-electron chi connectivity index (χ4n) is 2.41. The highest BCUT2D eigenvalue weighted by molar-refractivity contribution is 5.30. The molecule has 0 radical (unpaired) electrons. The van der Waals surface area contributed by atoms with Gasteiger partial charge >= 0.3 is 0 Å². The zero-order chi connectivity index (χ0) is 13.0. The highest BCUT2D eigenvalue weighted by Gasteiger charge is 2.22. The minimum absolute atomic E-state index is 0.533. The molecular formula is C14H20N4. The van der Waals surface area contributed by atoms with Gasteiger partial charge in [0.2, 0.25) is 0 Å². The second kappa shape index (κ2) is 5.94. The monoisotopic (exact) mass is 244 g/mol. The summed E-state index contributed by atoms with van der Waals surface area (Å²) in [6.07, 6.45) is 4.00. The molecule has 4 heteroatoms. The molecule has 4 nitrogen and oxygen atoms in total. The number of nitriles is 1. The lowest BCUT2D eigenvalue weighted by Crippen LogP contribution is -2.45. The van der Waals surface area contributed by atoms with Gasteiger partial charge in [0.25, 0.3) is 0 Å². The van der Waals surface area contributed by atoms with E-state index < -0.39 is 0 Å². The molecule has 0 spiro atoms. The Hall–Kier alpha value is -1.44. The van der Waals surface area contributed by atoms with Gasteiger partial charge in [0.1, 0.15) is 11.8 Å². The Morgan fingerprint density at radius 1 is 1.61 bits per heavy atom. The van der Waals surface area contributed by atoms with Crippen molar-refractivity contribution in [3.63, 3.8) is 0 Å². The summed E-state index contributed by atoms with van der Waals surface area (Å²) in [6, 6.07) is 7.16. The molecule has 0 saturated carbocycles. The van der Waals surface area contributed by atoms with E-state index in [1.807, 2.05) is 12.1 Å². The largest absolute Gasteiger partial charge is 0.310 e. The number of hydrogen-bond acceptors (Lipinski definition) is 4. The highest BCUT2D eigenvalue weighted by atomic mass is 15.1. The molecular weight excluding hydrogens is 224 g/mol. The van der Waals surface area contributed by atoms with Crippen molar-refractivity contribution in [2.24, 2.45) is 0 Å². The maximum atomic E-state index is 8.99. The molecule has 1 aromatic rings. The van der Waals surface area contributed by atoms with Crippen LogP contribution in [0, 0.1) is 11.3 Å². The zero-order valence-corrected chi connectivity index (χ0v) is 11.1. The van der Waals surface area contributed by atoms with E-state index in [2.05, 4.69) is 35.2 Å². The molecule has 1 N–H and O–H groups in total. The second-order valence-electron chi connectivity index (χ2n) is 5.05. The first-order valence-corrected chi connectivity index (χ1v) is 6.48. The number of piperidine rings is 1. The minimum atomic E-state index is 0.533. The van der Waals surface area contributed by atoms with Crippen molar-refractivity contribution in [1.82, 2.24) is 15.2 Å². The predicted molar refractivity (Wildman–Crippen MR) is 70.9 cm³/mol.